The summed E-state index contributed by atoms with van der Waals surface area (Å²) in [6, 6.07) is 19.2. The molecule has 26 heavy (non-hydrogen) atoms. The number of carbonyl (C=O) groups is 2. The van der Waals surface area contributed by atoms with E-state index in [4.69, 9.17) is 0 Å². The van der Waals surface area contributed by atoms with Crippen molar-refractivity contribution in [3.05, 3.63) is 93.9 Å². The summed E-state index contributed by atoms with van der Waals surface area (Å²) in [6.07, 6.45) is 0. The third-order valence-electron chi connectivity index (χ3n) is 4.97. The molecular weight excluding hydrogens is 340 g/mol. The molecule has 1 heterocycles. The number of aryl methyl sites for hydroxylation is 1. The normalized spacial score (nSPS) is 13.0. The van der Waals surface area contributed by atoms with E-state index in [-0.39, 0.29) is 11.6 Å². The number of carbonyl (C=O) groups excluding carboxylic acids is 2. The van der Waals surface area contributed by atoms with E-state index in [2.05, 4.69) is 18.2 Å². The van der Waals surface area contributed by atoms with Crippen LogP contribution in [0.15, 0.2) is 66.0 Å². The highest BCUT2D eigenvalue weighted by molar-refractivity contribution is 7.13. The van der Waals surface area contributed by atoms with E-state index in [9.17, 15) is 9.59 Å². The van der Waals surface area contributed by atoms with Gasteiger partial charge in [0.15, 0.2) is 11.6 Å². The van der Waals surface area contributed by atoms with Gasteiger partial charge in [0.1, 0.15) is 0 Å². The molecule has 0 spiro atoms. The van der Waals surface area contributed by atoms with Crippen LogP contribution in [-0.4, -0.2) is 11.6 Å². The van der Waals surface area contributed by atoms with Crippen molar-refractivity contribution >= 4 is 33.7 Å². The summed E-state index contributed by atoms with van der Waals surface area (Å²) < 4.78 is 0. The number of ketones is 2. The number of thiophene rings is 1. The van der Waals surface area contributed by atoms with Crippen LogP contribution in [0, 0.1) is 6.92 Å². The van der Waals surface area contributed by atoms with Gasteiger partial charge >= 0.3 is 0 Å². The maximum atomic E-state index is 13.2. The highest BCUT2D eigenvalue weighted by Crippen LogP contribution is 2.39. The number of fused-ring (bicyclic) bond motifs is 4. The summed E-state index contributed by atoms with van der Waals surface area (Å²) in [7, 11) is 0. The monoisotopic (exact) mass is 354 g/mol. The summed E-state index contributed by atoms with van der Waals surface area (Å²) in [6.45, 7) is 2.01. The minimum Gasteiger partial charge on any atom is -0.289 e. The third kappa shape index (κ3) is 2.04. The predicted molar refractivity (Wildman–Crippen MR) is 105 cm³/mol. The molecule has 3 heteroatoms. The molecule has 0 saturated carbocycles. The van der Waals surface area contributed by atoms with Crippen molar-refractivity contribution in [2.45, 2.75) is 6.92 Å². The minimum atomic E-state index is -0.0728. The molecule has 0 radical (unpaired) electrons. The fourth-order valence-electron chi connectivity index (χ4n) is 3.76. The van der Waals surface area contributed by atoms with Gasteiger partial charge in [0.25, 0.3) is 0 Å². The van der Waals surface area contributed by atoms with Crippen LogP contribution in [0.2, 0.25) is 0 Å². The Morgan fingerprint density at radius 2 is 1.46 bits per heavy atom. The van der Waals surface area contributed by atoms with E-state index in [1.54, 1.807) is 29.5 Å². The zero-order chi connectivity index (χ0) is 17.8. The quantitative estimate of drug-likeness (QED) is 0.390. The van der Waals surface area contributed by atoms with Crippen LogP contribution in [0.4, 0.5) is 0 Å². The molecule has 0 amide bonds. The van der Waals surface area contributed by atoms with Crippen LogP contribution in [0.25, 0.3) is 21.2 Å². The van der Waals surface area contributed by atoms with E-state index in [0.29, 0.717) is 22.3 Å². The van der Waals surface area contributed by atoms with E-state index in [0.717, 1.165) is 26.8 Å². The summed E-state index contributed by atoms with van der Waals surface area (Å²) in [5.41, 5.74) is 4.12. The molecule has 0 fully saturated rings. The molecule has 0 N–H and O–H groups in total. The Kier molecular flexibility index (Phi) is 3.21. The van der Waals surface area contributed by atoms with Gasteiger partial charge in [-0.25, -0.2) is 0 Å². The maximum Gasteiger partial charge on any atom is 0.195 e. The summed E-state index contributed by atoms with van der Waals surface area (Å²) in [5.74, 6) is -0.139. The lowest BCUT2D eigenvalue weighted by Crippen LogP contribution is -2.21. The number of benzene rings is 3. The Morgan fingerprint density at radius 3 is 2.19 bits per heavy atom. The maximum absolute atomic E-state index is 13.2. The molecule has 5 rings (SSSR count). The SMILES string of the molecule is Cc1ccc2c(-c3cccs3)cc3c(c2c1)C(=O)c1ccccc1C3=O. The average molecular weight is 354 g/mol. The summed E-state index contributed by atoms with van der Waals surface area (Å²) in [5, 5.41) is 3.90. The first-order valence-corrected chi connectivity index (χ1v) is 9.33. The highest BCUT2D eigenvalue weighted by Gasteiger charge is 2.32. The summed E-state index contributed by atoms with van der Waals surface area (Å²) in [4.78, 5) is 27.5. The predicted octanol–water partition coefficient (Wildman–Crippen LogP) is 5.65. The lowest BCUT2D eigenvalue weighted by atomic mass is 9.80. The van der Waals surface area contributed by atoms with Crippen molar-refractivity contribution in [3.63, 3.8) is 0 Å². The molecule has 0 aliphatic heterocycles. The van der Waals surface area contributed by atoms with Crippen LogP contribution in [0.5, 0.6) is 0 Å². The molecule has 2 nitrogen and oxygen atoms in total. The molecule has 0 atom stereocenters. The molecule has 1 aromatic heterocycles. The number of hydrogen-bond acceptors (Lipinski definition) is 3. The second-order valence-electron chi connectivity index (χ2n) is 6.58. The van der Waals surface area contributed by atoms with Crippen LogP contribution < -0.4 is 0 Å². The fourth-order valence-corrected chi connectivity index (χ4v) is 4.51. The second-order valence-corrected chi connectivity index (χ2v) is 7.52. The van der Waals surface area contributed by atoms with Crippen LogP contribution in [-0.2, 0) is 0 Å². The standard InChI is InChI=1S/C23H14O2S/c1-13-8-9-14-17(20-7-4-10-26-20)12-19-21(18(14)11-13)23(25)16-6-3-2-5-15(16)22(19)24/h2-12H,1H3. The zero-order valence-electron chi connectivity index (χ0n) is 14.1. The van der Waals surface area contributed by atoms with Crippen molar-refractivity contribution < 1.29 is 9.59 Å². The zero-order valence-corrected chi connectivity index (χ0v) is 14.9. The van der Waals surface area contributed by atoms with E-state index in [1.165, 1.54) is 0 Å². The van der Waals surface area contributed by atoms with Gasteiger partial charge in [-0.1, -0.05) is 54.1 Å². The van der Waals surface area contributed by atoms with Gasteiger partial charge in [-0.2, -0.15) is 0 Å². The molecule has 1 aliphatic carbocycles. The van der Waals surface area contributed by atoms with E-state index >= 15 is 0 Å². The Hall–Kier alpha value is -3.04. The van der Waals surface area contributed by atoms with Gasteiger partial charge in [-0.05, 0) is 35.2 Å². The second kappa shape index (κ2) is 5.48. The molecule has 4 aromatic rings. The third-order valence-corrected chi connectivity index (χ3v) is 5.87. The van der Waals surface area contributed by atoms with Gasteiger partial charge in [0.2, 0.25) is 0 Å². The van der Waals surface area contributed by atoms with Crippen LogP contribution in [0.1, 0.15) is 37.4 Å². The highest BCUT2D eigenvalue weighted by atomic mass is 32.1. The number of hydrogen-bond donors (Lipinski definition) is 0. The average Bonchev–Trinajstić information content (AvgIpc) is 3.19. The largest absolute Gasteiger partial charge is 0.289 e. The van der Waals surface area contributed by atoms with Crippen molar-refractivity contribution in [1.82, 2.24) is 0 Å². The first-order valence-electron chi connectivity index (χ1n) is 8.45. The molecule has 1 aliphatic rings. The van der Waals surface area contributed by atoms with E-state index < -0.39 is 0 Å². The Balaban J connectivity index is 1.94. The van der Waals surface area contributed by atoms with Crippen molar-refractivity contribution in [1.29, 1.82) is 0 Å². The molecule has 124 valence electrons. The fraction of sp³-hybridized carbons (Fsp3) is 0.0435. The Bertz CT molecular complexity index is 1220. The Labute approximate surface area is 154 Å². The van der Waals surface area contributed by atoms with Crippen LogP contribution >= 0.6 is 11.3 Å². The van der Waals surface area contributed by atoms with Crippen LogP contribution in [0.3, 0.4) is 0 Å². The van der Waals surface area contributed by atoms with Gasteiger partial charge in [0, 0.05) is 32.7 Å². The first kappa shape index (κ1) is 15.2. The van der Waals surface area contributed by atoms with Gasteiger partial charge in [-0.3, -0.25) is 9.59 Å². The van der Waals surface area contributed by atoms with Crippen molar-refractivity contribution in [3.8, 4) is 10.4 Å². The van der Waals surface area contributed by atoms with E-state index in [1.807, 2.05) is 36.6 Å². The molecule has 0 unspecified atom stereocenters. The lowest BCUT2D eigenvalue weighted by Gasteiger charge is -2.21. The molecular formula is C23H14O2S. The van der Waals surface area contributed by atoms with Gasteiger partial charge in [-0.15, -0.1) is 11.3 Å². The van der Waals surface area contributed by atoms with Crippen molar-refractivity contribution in [2.24, 2.45) is 0 Å². The smallest absolute Gasteiger partial charge is 0.195 e. The van der Waals surface area contributed by atoms with Gasteiger partial charge < -0.3 is 0 Å². The Morgan fingerprint density at radius 1 is 0.692 bits per heavy atom. The van der Waals surface area contributed by atoms with Gasteiger partial charge in [0.05, 0.1) is 0 Å². The minimum absolute atomic E-state index is 0.0662. The summed E-state index contributed by atoms with van der Waals surface area (Å²) >= 11 is 1.64. The lowest BCUT2D eigenvalue weighted by molar-refractivity contribution is 0.0980. The molecule has 0 saturated heterocycles. The van der Waals surface area contributed by atoms with Crippen molar-refractivity contribution in [2.75, 3.05) is 0 Å². The molecule has 3 aromatic carbocycles. The first-order chi connectivity index (χ1) is 12.6. The molecule has 0 bridgehead atoms. The topological polar surface area (TPSA) is 34.1 Å². The number of rotatable bonds is 1.